The van der Waals surface area contributed by atoms with Gasteiger partial charge < -0.3 is 13.5 Å². The highest BCUT2D eigenvalue weighted by atomic mass is 32.2. The SMILES string of the molecule is CCCCCCCCCCCC[N+](C)(C)CC[N+](C)(CCCCCCCCCCCC)CCCS(=O)(=O)[O-]. The third-order valence-corrected chi connectivity index (χ3v) is 9.29. The molecular weight excluding hydrogens is 492 g/mol. The van der Waals surface area contributed by atoms with Crippen molar-refractivity contribution in [1.82, 2.24) is 0 Å². The van der Waals surface area contributed by atoms with Gasteiger partial charge in [-0.15, -0.1) is 0 Å². The molecule has 0 aliphatic heterocycles. The van der Waals surface area contributed by atoms with E-state index in [0.29, 0.717) is 6.42 Å². The zero-order valence-electron chi connectivity index (χ0n) is 26.6. The molecule has 230 valence electrons. The van der Waals surface area contributed by atoms with Crippen LogP contribution in [0.15, 0.2) is 0 Å². The Morgan fingerprint density at radius 2 is 0.789 bits per heavy atom. The minimum atomic E-state index is -4.13. The first kappa shape index (κ1) is 37.8. The van der Waals surface area contributed by atoms with Crippen LogP contribution in [0.5, 0.6) is 0 Å². The molecule has 0 aromatic heterocycles. The third kappa shape index (κ3) is 26.1. The molecule has 1 atom stereocenters. The molecule has 0 spiro atoms. The van der Waals surface area contributed by atoms with Crippen molar-refractivity contribution in [1.29, 1.82) is 0 Å². The lowest BCUT2D eigenvalue weighted by molar-refractivity contribution is -0.955. The summed E-state index contributed by atoms with van der Waals surface area (Å²) < 4.78 is 35.5. The van der Waals surface area contributed by atoms with Crippen LogP contribution >= 0.6 is 0 Å². The molecule has 0 aromatic rings. The monoisotopic (exact) mass is 562 g/mol. The lowest BCUT2D eigenvalue weighted by Crippen LogP contribution is -2.54. The van der Waals surface area contributed by atoms with Crippen LogP contribution in [-0.2, 0) is 10.1 Å². The zero-order chi connectivity index (χ0) is 28.6. The second-order valence-corrected chi connectivity index (χ2v) is 14.7. The van der Waals surface area contributed by atoms with E-state index in [1.165, 1.54) is 135 Å². The molecule has 0 aliphatic rings. The fourth-order valence-corrected chi connectivity index (χ4v) is 6.07. The van der Waals surface area contributed by atoms with E-state index in [0.717, 1.165) is 35.1 Å². The van der Waals surface area contributed by atoms with Gasteiger partial charge in [-0.3, -0.25) is 0 Å². The highest BCUT2D eigenvalue weighted by molar-refractivity contribution is 7.85. The molecule has 0 aromatic carbocycles. The van der Waals surface area contributed by atoms with Crippen molar-refractivity contribution in [2.24, 2.45) is 0 Å². The van der Waals surface area contributed by atoms with Gasteiger partial charge in [0.2, 0.25) is 0 Å². The van der Waals surface area contributed by atoms with Crippen LogP contribution in [0, 0.1) is 0 Å². The largest absolute Gasteiger partial charge is 0.748 e. The molecule has 0 amide bonds. The number of quaternary nitrogens is 2. The fourth-order valence-electron chi connectivity index (χ4n) is 5.59. The Balaban J connectivity index is 4.31. The highest BCUT2D eigenvalue weighted by Crippen LogP contribution is 2.16. The minimum absolute atomic E-state index is 0.226. The summed E-state index contributed by atoms with van der Waals surface area (Å²) in [4.78, 5) is 0. The Morgan fingerprint density at radius 1 is 0.447 bits per heavy atom. The van der Waals surface area contributed by atoms with E-state index < -0.39 is 10.1 Å². The number of hydrogen-bond donors (Lipinski definition) is 0. The average molecular weight is 562 g/mol. The van der Waals surface area contributed by atoms with Gasteiger partial charge in [0.25, 0.3) is 0 Å². The van der Waals surface area contributed by atoms with Crippen molar-refractivity contribution in [3.63, 3.8) is 0 Å². The number of nitrogens with zero attached hydrogens (tertiary/aromatic N) is 2. The molecule has 0 fully saturated rings. The predicted molar refractivity (Wildman–Crippen MR) is 165 cm³/mol. The normalized spacial score (nSPS) is 14.2. The van der Waals surface area contributed by atoms with Crippen molar-refractivity contribution in [3.05, 3.63) is 0 Å². The lowest BCUT2D eigenvalue weighted by Gasteiger charge is -2.38. The van der Waals surface area contributed by atoms with Crippen molar-refractivity contribution >= 4 is 10.1 Å². The van der Waals surface area contributed by atoms with Crippen molar-refractivity contribution in [2.45, 2.75) is 149 Å². The molecular formula is C32H69N2O3S+. The first-order valence-corrected chi connectivity index (χ1v) is 18.2. The topological polar surface area (TPSA) is 57.2 Å². The number of hydrogen-bond acceptors (Lipinski definition) is 3. The molecule has 0 heterocycles. The second kappa shape index (κ2) is 23.5. The number of likely N-dealkylation sites (N-methyl/N-ethyl adjacent to an activating group) is 2. The summed E-state index contributed by atoms with van der Waals surface area (Å²) in [7, 11) is 2.85. The maximum atomic E-state index is 11.2. The molecule has 0 saturated carbocycles. The van der Waals surface area contributed by atoms with E-state index in [-0.39, 0.29) is 5.75 Å². The first-order chi connectivity index (χ1) is 18.0. The maximum absolute atomic E-state index is 11.2. The Labute approximate surface area is 240 Å². The van der Waals surface area contributed by atoms with Gasteiger partial charge in [0.1, 0.15) is 13.1 Å². The van der Waals surface area contributed by atoms with Crippen LogP contribution in [-0.4, -0.2) is 81.6 Å². The highest BCUT2D eigenvalue weighted by Gasteiger charge is 2.26. The van der Waals surface area contributed by atoms with Crippen molar-refractivity contribution in [2.75, 3.05) is 59.6 Å². The molecule has 38 heavy (non-hydrogen) atoms. The van der Waals surface area contributed by atoms with Gasteiger partial charge in [-0.05, 0) is 25.7 Å². The molecule has 6 heteroatoms. The molecule has 0 aliphatic carbocycles. The number of unbranched alkanes of at least 4 members (excludes halogenated alkanes) is 18. The van der Waals surface area contributed by atoms with Crippen molar-refractivity contribution < 1.29 is 21.9 Å². The summed E-state index contributed by atoms with van der Waals surface area (Å²) in [5, 5.41) is 0. The zero-order valence-corrected chi connectivity index (χ0v) is 27.4. The summed E-state index contributed by atoms with van der Waals surface area (Å²) in [5.41, 5.74) is 0. The van der Waals surface area contributed by atoms with Gasteiger partial charge in [-0.1, -0.05) is 117 Å². The molecule has 0 radical (unpaired) electrons. The first-order valence-electron chi connectivity index (χ1n) is 16.6. The van der Waals surface area contributed by atoms with Crippen LogP contribution in [0.25, 0.3) is 0 Å². The minimum Gasteiger partial charge on any atom is -0.748 e. The quantitative estimate of drug-likeness (QED) is 0.0524. The van der Waals surface area contributed by atoms with Gasteiger partial charge in [0.15, 0.2) is 0 Å². The van der Waals surface area contributed by atoms with Crippen LogP contribution in [0.3, 0.4) is 0 Å². The van der Waals surface area contributed by atoms with E-state index in [4.69, 9.17) is 0 Å². The maximum Gasteiger partial charge on any atom is 0.128 e. The summed E-state index contributed by atoms with van der Waals surface area (Å²) in [6.45, 7) is 9.80. The summed E-state index contributed by atoms with van der Waals surface area (Å²) in [5.74, 6) is -0.226. The van der Waals surface area contributed by atoms with Crippen LogP contribution < -0.4 is 0 Å². The van der Waals surface area contributed by atoms with Gasteiger partial charge >= 0.3 is 0 Å². The molecule has 1 unspecified atom stereocenters. The van der Waals surface area contributed by atoms with Gasteiger partial charge in [-0.25, -0.2) is 8.42 Å². The number of rotatable bonds is 29. The van der Waals surface area contributed by atoms with E-state index in [2.05, 4.69) is 35.0 Å². The summed E-state index contributed by atoms with van der Waals surface area (Å²) >= 11 is 0. The second-order valence-electron chi connectivity index (χ2n) is 13.2. The Kier molecular flexibility index (Phi) is 23.4. The molecule has 5 nitrogen and oxygen atoms in total. The predicted octanol–water partition coefficient (Wildman–Crippen LogP) is 8.29. The lowest BCUT2D eigenvalue weighted by atomic mass is 10.1. The van der Waals surface area contributed by atoms with E-state index >= 15 is 0 Å². The summed E-state index contributed by atoms with van der Waals surface area (Å²) in [6.07, 6.45) is 27.5. The van der Waals surface area contributed by atoms with Crippen molar-refractivity contribution in [3.8, 4) is 0 Å². The molecule has 0 N–H and O–H groups in total. The molecule has 0 saturated heterocycles. The van der Waals surface area contributed by atoms with Gasteiger partial charge in [0.05, 0.1) is 50.9 Å². The summed E-state index contributed by atoms with van der Waals surface area (Å²) in [6, 6.07) is 0. The Bertz CT molecular complexity index is 624. The fraction of sp³-hybridized carbons (Fsp3) is 1.00. The molecule has 0 rings (SSSR count). The Morgan fingerprint density at radius 3 is 1.18 bits per heavy atom. The smallest absolute Gasteiger partial charge is 0.128 e. The van der Waals surface area contributed by atoms with E-state index in [1.54, 1.807) is 0 Å². The van der Waals surface area contributed by atoms with E-state index in [1.807, 2.05) is 0 Å². The van der Waals surface area contributed by atoms with Crippen LogP contribution in [0.1, 0.15) is 149 Å². The van der Waals surface area contributed by atoms with Gasteiger partial charge in [0, 0.05) is 12.2 Å². The Hall–Kier alpha value is -0.170. The van der Waals surface area contributed by atoms with Crippen LogP contribution in [0.2, 0.25) is 0 Å². The van der Waals surface area contributed by atoms with Crippen LogP contribution in [0.4, 0.5) is 0 Å². The standard InChI is InChI=1S/C32H69N2O3S/c1-6-8-10-12-14-16-18-20-22-24-27-33(3,4)30-31-34(5,29-26-32-38(35,36)37)28-25-23-21-19-17-15-13-11-9-7-2/h6-32H2,1-5H3/q+1. The van der Waals surface area contributed by atoms with E-state index in [9.17, 15) is 13.0 Å². The average Bonchev–Trinajstić information content (AvgIpc) is 2.84. The van der Waals surface area contributed by atoms with Gasteiger partial charge in [-0.2, -0.15) is 0 Å². The molecule has 0 bridgehead atoms. The third-order valence-electron chi connectivity index (χ3n) is 8.51.